The first-order valence-electron chi connectivity index (χ1n) is 4.20. The third-order valence-electron chi connectivity index (χ3n) is 1.99. The van der Waals surface area contributed by atoms with Gasteiger partial charge in [0.05, 0.1) is 17.3 Å². The Bertz CT molecular complexity index is 398. The van der Waals surface area contributed by atoms with Crippen LogP contribution in [0.5, 0.6) is 11.5 Å². The minimum Gasteiger partial charge on any atom is -0.497 e. The molecule has 0 amide bonds. The van der Waals surface area contributed by atoms with Crippen molar-refractivity contribution in [1.29, 1.82) is 0 Å². The third-order valence-corrected chi connectivity index (χ3v) is 2.58. The number of methoxy groups -OCH3 is 1. The van der Waals surface area contributed by atoms with Crippen LogP contribution in [-0.4, -0.2) is 19.8 Å². The van der Waals surface area contributed by atoms with Crippen LogP contribution in [0.3, 0.4) is 0 Å². The normalized spacial score (nSPS) is 17.3. The first kappa shape index (κ1) is 10.5. The quantitative estimate of drug-likeness (QED) is 0.858. The molecule has 0 saturated carbocycles. The minimum atomic E-state index is -3.18. The highest BCUT2D eigenvalue weighted by Crippen LogP contribution is 2.42. The predicted octanol–water partition coefficient (Wildman–Crippen LogP) is 2.85. The van der Waals surface area contributed by atoms with E-state index in [-0.39, 0.29) is 5.75 Å². The highest BCUT2D eigenvalue weighted by molar-refractivity contribution is 9.10. The van der Waals surface area contributed by atoms with Gasteiger partial charge in [-0.2, -0.15) is 8.78 Å². The van der Waals surface area contributed by atoms with Crippen LogP contribution in [-0.2, 0) is 0 Å². The first-order valence-corrected chi connectivity index (χ1v) is 4.99. The molecule has 0 saturated heterocycles. The number of benzene rings is 1. The SMILES string of the molecule is COc1cc(Br)c2c(c1)NCC(F)(F)O2. The maximum absolute atomic E-state index is 12.9. The van der Waals surface area contributed by atoms with Gasteiger partial charge in [0, 0.05) is 6.07 Å². The maximum atomic E-state index is 12.9. The minimum absolute atomic E-state index is 0.104. The van der Waals surface area contributed by atoms with Gasteiger partial charge in [0.2, 0.25) is 0 Å². The van der Waals surface area contributed by atoms with Gasteiger partial charge in [0.1, 0.15) is 12.3 Å². The zero-order valence-corrected chi connectivity index (χ0v) is 9.40. The first-order chi connectivity index (χ1) is 7.02. The monoisotopic (exact) mass is 279 g/mol. The molecule has 3 nitrogen and oxygen atoms in total. The summed E-state index contributed by atoms with van der Waals surface area (Å²) in [7, 11) is 1.51. The molecular formula is C9H8BrF2NO2. The Hall–Kier alpha value is -1.04. The van der Waals surface area contributed by atoms with Crippen LogP contribution < -0.4 is 14.8 Å². The summed E-state index contributed by atoms with van der Waals surface area (Å²) in [6.45, 7) is -0.542. The zero-order valence-electron chi connectivity index (χ0n) is 7.81. The summed E-state index contributed by atoms with van der Waals surface area (Å²) in [6.07, 6.45) is -3.18. The molecule has 1 aliphatic rings. The highest BCUT2D eigenvalue weighted by atomic mass is 79.9. The molecule has 1 heterocycles. The topological polar surface area (TPSA) is 30.5 Å². The second kappa shape index (κ2) is 3.52. The summed E-state index contributed by atoms with van der Waals surface area (Å²) in [6, 6.07) is 3.18. The number of anilines is 1. The number of ether oxygens (including phenoxy) is 2. The van der Waals surface area contributed by atoms with E-state index in [1.807, 2.05) is 0 Å². The van der Waals surface area contributed by atoms with Crippen molar-refractivity contribution in [3.63, 3.8) is 0 Å². The Balaban J connectivity index is 2.44. The Morgan fingerprint density at radius 1 is 1.53 bits per heavy atom. The van der Waals surface area contributed by atoms with Crippen LogP contribution in [0.2, 0.25) is 0 Å². The summed E-state index contributed by atoms with van der Waals surface area (Å²) >= 11 is 3.15. The van der Waals surface area contributed by atoms with E-state index in [1.54, 1.807) is 12.1 Å². The molecule has 0 spiro atoms. The number of hydrogen-bond donors (Lipinski definition) is 1. The van der Waals surface area contributed by atoms with E-state index in [0.717, 1.165) is 0 Å². The number of hydrogen-bond acceptors (Lipinski definition) is 3. The van der Waals surface area contributed by atoms with Crippen LogP contribution in [0.15, 0.2) is 16.6 Å². The van der Waals surface area contributed by atoms with Gasteiger partial charge in [-0.05, 0) is 22.0 Å². The predicted molar refractivity (Wildman–Crippen MR) is 54.8 cm³/mol. The molecule has 1 aromatic carbocycles. The number of rotatable bonds is 1. The van der Waals surface area contributed by atoms with E-state index in [4.69, 9.17) is 4.74 Å². The molecule has 0 radical (unpaired) electrons. The molecule has 1 N–H and O–H groups in total. The van der Waals surface area contributed by atoms with E-state index in [9.17, 15) is 8.78 Å². The van der Waals surface area contributed by atoms with Gasteiger partial charge >= 0.3 is 6.11 Å². The van der Waals surface area contributed by atoms with Gasteiger partial charge in [-0.15, -0.1) is 0 Å². The largest absolute Gasteiger partial charge is 0.497 e. The smallest absolute Gasteiger partial charge is 0.415 e. The fourth-order valence-electron chi connectivity index (χ4n) is 1.30. The van der Waals surface area contributed by atoms with Gasteiger partial charge in [-0.3, -0.25) is 0 Å². The molecule has 1 aliphatic heterocycles. The fourth-order valence-corrected chi connectivity index (χ4v) is 1.83. The molecule has 0 fully saturated rings. The van der Waals surface area contributed by atoms with Crippen LogP contribution >= 0.6 is 15.9 Å². The van der Waals surface area contributed by atoms with Crippen LogP contribution in [0.1, 0.15) is 0 Å². The van der Waals surface area contributed by atoms with Crippen LogP contribution in [0, 0.1) is 0 Å². The van der Waals surface area contributed by atoms with E-state index >= 15 is 0 Å². The van der Waals surface area contributed by atoms with Crippen molar-refractivity contribution in [1.82, 2.24) is 0 Å². The van der Waals surface area contributed by atoms with E-state index in [0.29, 0.717) is 15.9 Å². The van der Waals surface area contributed by atoms with Crippen molar-refractivity contribution in [3.05, 3.63) is 16.6 Å². The molecule has 0 unspecified atom stereocenters. The molecule has 82 valence electrons. The van der Waals surface area contributed by atoms with Crippen LogP contribution in [0.25, 0.3) is 0 Å². The molecule has 0 aliphatic carbocycles. The highest BCUT2D eigenvalue weighted by Gasteiger charge is 2.37. The summed E-state index contributed by atoms with van der Waals surface area (Å²) < 4.78 is 35.8. The molecular weight excluding hydrogens is 272 g/mol. The Morgan fingerprint density at radius 3 is 2.93 bits per heavy atom. The van der Waals surface area contributed by atoms with Gasteiger partial charge in [0.25, 0.3) is 0 Å². The lowest BCUT2D eigenvalue weighted by Gasteiger charge is -2.27. The Morgan fingerprint density at radius 2 is 2.27 bits per heavy atom. The lowest BCUT2D eigenvalue weighted by Crippen LogP contribution is -2.37. The lowest BCUT2D eigenvalue weighted by atomic mass is 10.2. The molecule has 0 bridgehead atoms. The maximum Gasteiger partial charge on any atom is 0.415 e. The zero-order chi connectivity index (χ0) is 11.1. The molecule has 0 atom stereocenters. The van der Waals surface area contributed by atoms with Crippen molar-refractivity contribution in [2.24, 2.45) is 0 Å². The second-order valence-corrected chi connectivity index (χ2v) is 3.93. The van der Waals surface area contributed by atoms with E-state index in [1.165, 1.54) is 7.11 Å². The molecule has 1 aromatic rings. The van der Waals surface area contributed by atoms with Gasteiger partial charge in [-0.25, -0.2) is 0 Å². The van der Waals surface area contributed by atoms with Crippen molar-refractivity contribution in [2.75, 3.05) is 19.0 Å². The van der Waals surface area contributed by atoms with E-state index < -0.39 is 12.7 Å². The summed E-state index contributed by atoms with van der Waals surface area (Å²) in [5, 5.41) is 2.58. The standard InChI is InChI=1S/C9H8BrF2NO2/c1-14-5-2-6(10)8-7(3-5)13-4-9(11,12)15-8/h2-3,13H,4H2,1H3. The van der Waals surface area contributed by atoms with Gasteiger partial charge < -0.3 is 14.8 Å². The number of halogens is 3. The molecule has 15 heavy (non-hydrogen) atoms. The lowest BCUT2D eigenvalue weighted by molar-refractivity contribution is -0.167. The van der Waals surface area contributed by atoms with Crippen molar-refractivity contribution >= 4 is 21.6 Å². The Kier molecular flexibility index (Phi) is 2.46. The molecule has 0 aromatic heterocycles. The van der Waals surface area contributed by atoms with E-state index in [2.05, 4.69) is 26.0 Å². The number of nitrogens with one attached hydrogen (secondary N) is 1. The van der Waals surface area contributed by atoms with Crippen molar-refractivity contribution in [3.8, 4) is 11.5 Å². The molecule has 6 heteroatoms. The van der Waals surface area contributed by atoms with Crippen LogP contribution in [0.4, 0.5) is 14.5 Å². The third kappa shape index (κ3) is 1.99. The molecule has 2 rings (SSSR count). The number of fused-ring (bicyclic) bond motifs is 1. The summed E-state index contributed by atoms with van der Waals surface area (Å²) in [4.78, 5) is 0. The van der Waals surface area contributed by atoms with Crippen molar-refractivity contribution < 1.29 is 18.3 Å². The average molecular weight is 280 g/mol. The van der Waals surface area contributed by atoms with Gasteiger partial charge in [0.15, 0.2) is 5.75 Å². The number of alkyl halides is 2. The summed E-state index contributed by atoms with van der Waals surface area (Å²) in [5.74, 6) is 0.675. The van der Waals surface area contributed by atoms with Crippen molar-refractivity contribution in [2.45, 2.75) is 6.11 Å². The Labute approximate surface area is 93.5 Å². The fraction of sp³-hybridized carbons (Fsp3) is 0.333. The second-order valence-electron chi connectivity index (χ2n) is 3.08. The average Bonchev–Trinajstić information content (AvgIpc) is 2.18. The van der Waals surface area contributed by atoms with Gasteiger partial charge in [-0.1, -0.05) is 0 Å². The summed E-state index contributed by atoms with van der Waals surface area (Å²) in [5.41, 5.74) is 0.493.